The Morgan fingerprint density at radius 1 is 1.04 bits per heavy atom. The van der Waals surface area contributed by atoms with Gasteiger partial charge in [0.15, 0.2) is 0 Å². The summed E-state index contributed by atoms with van der Waals surface area (Å²) in [7, 11) is 3.48. The van der Waals surface area contributed by atoms with Crippen LogP contribution in [0.15, 0.2) is 48.5 Å². The van der Waals surface area contributed by atoms with Gasteiger partial charge in [-0.05, 0) is 41.6 Å². The topological polar surface area (TPSA) is 49.4 Å². The normalized spacial score (nSPS) is 10.7. The van der Waals surface area contributed by atoms with Crippen LogP contribution in [0.25, 0.3) is 10.1 Å². The second-order valence-electron chi connectivity index (χ2n) is 6.17. The van der Waals surface area contributed by atoms with Gasteiger partial charge in [-0.25, -0.2) is 0 Å². The molecule has 0 aliphatic carbocycles. The molecule has 2 aromatic carbocycles. The van der Waals surface area contributed by atoms with E-state index in [1.807, 2.05) is 55.5 Å². The minimum Gasteiger partial charge on any atom is -0.349 e. The van der Waals surface area contributed by atoms with Crippen molar-refractivity contribution in [3.63, 3.8) is 0 Å². The molecular weight excluding hydrogens is 332 g/mol. The number of thiophene rings is 1. The summed E-state index contributed by atoms with van der Waals surface area (Å²) in [6, 6.07) is 15.4. The quantitative estimate of drug-likeness (QED) is 0.769. The van der Waals surface area contributed by atoms with E-state index < -0.39 is 0 Å². The standard InChI is InChI=1S/C20H20N2O2S/c1-13-16-6-4-5-7-17(16)25-19(13)20(24)21-15-10-8-14(9-11-15)12-18(23)22(2)3/h4-11H,12H2,1-3H3,(H,21,24). The van der Waals surface area contributed by atoms with E-state index in [1.165, 1.54) is 11.3 Å². The van der Waals surface area contributed by atoms with Gasteiger partial charge in [0, 0.05) is 24.5 Å². The molecule has 0 radical (unpaired) electrons. The number of carbonyl (C=O) groups is 2. The molecule has 0 saturated carbocycles. The molecule has 0 atom stereocenters. The fourth-order valence-electron chi connectivity index (χ4n) is 2.62. The Bertz CT molecular complexity index is 927. The highest BCUT2D eigenvalue weighted by Gasteiger charge is 2.15. The first-order valence-electron chi connectivity index (χ1n) is 8.04. The van der Waals surface area contributed by atoms with E-state index >= 15 is 0 Å². The van der Waals surface area contributed by atoms with Gasteiger partial charge in [-0.1, -0.05) is 30.3 Å². The number of rotatable bonds is 4. The fraction of sp³-hybridized carbons (Fsp3) is 0.200. The van der Waals surface area contributed by atoms with Gasteiger partial charge in [0.1, 0.15) is 0 Å². The average Bonchev–Trinajstić information content (AvgIpc) is 2.94. The van der Waals surface area contributed by atoms with Crippen LogP contribution in [-0.4, -0.2) is 30.8 Å². The molecule has 3 rings (SSSR count). The Balaban J connectivity index is 1.74. The number of likely N-dealkylation sites (N-methyl/N-ethyl adjacent to an activating group) is 1. The zero-order valence-electron chi connectivity index (χ0n) is 14.5. The van der Waals surface area contributed by atoms with Gasteiger partial charge in [0.2, 0.25) is 5.91 Å². The van der Waals surface area contributed by atoms with Crippen molar-refractivity contribution in [2.75, 3.05) is 19.4 Å². The maximum atomic E-state index is 12.6. The molecule has 0 aliphatic rings. The molecule has 1 aromatic heterocycles. The molecule has 0 spiro atoms. The van der Waals surface area contributed by atoms with Crippen molar-refractivity contribution >= 4 is 38.9 Å². The largest absolute Gasteiger partial charge is 0.349 e. The summed E-state index contributed by atoms with van der Waals surface area (Å²) in [6.07, 6.45) is 0.358. The number of fused-ring (bicyclic) bond motifs is 1. The van der Waals surface area contributed by atoms with Crippen molar-refractivity contribution in [1.29, 1.82) is 0 Å². The number of anilines is 1. The minimum absolute atomic E-state index is 0.0534. The third kappa shape index (κ3) is 3.72. The van der Waals surface area contributed by atoms with Gasteiger partial charge in [0.05, 0.1) is 11.3 Å². The van der Waals surface area contributed by atoms with Crippen molar-refractivity contribution in [2.45, 2.75) is 13.3 Å². The van der Waals surface area contributed by atoms with Crippen LogP contribution >= 0.6 is 11.3 Å². The van der Waals surface area contributed by atoms with E-state index in [0.717, 1.165) is 31.8 Å². The Hall–Kier alpha value is -2.66. The van der Waals surface area contributed by atoms with Gasteiger partial charge in [-0.3, -0.25) is 9.59 Å². The fourth-order valence-corrected chi connectivity index (χ4v) is 3.72. The summed E-state index contributed by atoms with van der Waals surface area (Å²) in [4.78, 5) is 26.6. The zero-order valence-corrected chi connectivity index (χ0v) is 15.3. The number of carbonyl (C=O) groups excluding carboxylic acids is 2. The maximum absolute atomic E-state index is 12.6. The van der Waals surface area contributed by atoms with Gasteiger partial charge in [-0.15, -0.1) is 11.3 Å². The van der Waals surface area contributed by atoms with Crippen LogP contribution in [-0.2, 0) is 11.2 Å². The summed E-state index contributed by atoms with van der Waals surface area (Å²) in [6.45, 7) is 1.98. The summed E-state index contributed by atoms with van der Waals surface area (Å²) < 4.78 is 1.11. The lowest BCUT2D eigenvalue weighted by atomic mass is 10.1. The number of nitrogens with zero attached hydrogens (tertiary/aromatic N) is 1. The highest BCUT2D eigenvalue weighted by Crippen LogP contribution is 2.31. The third-order valence-electron chi connectivity index (χ3n) is 4.12. The smallest absolute Gasteiger partial charge is 0.266 e. The number of hydrogen-bond donors (Lipinski definition) is 1. The Morgan fingerprint density at radius 2 is 1.72 bits per heavy atom. The van der Waals surface area contributed by atoms with Crippen LogP contribution in [0.5, 0.6) is 0 Å². The average molecular weight is 352 g/mol. The molecule has 0 aliphatic heterocycles. The molecule has 1 N–H and O–H groups in total. The lowest BCUT2D eigenvalue weighted by molar-refractivity contribution is -0.127. The van der Waals surface area contributed by atoms with Crippen LogP contribution in [0.2, 0.25) is 0 Å². The molecule has 0 unspecified atom stereocenters. The molecular formula is C20H20N2O2S. The van der Waals surface area contributed by atoms with Crippen molar-refractivity contribution in [2.24, 2.45) is 0 Å². The number of hydrogen-bond acceptors (Lipinski definition) is 3. The van der Waals surface area contributed by atoms with E-state index in [1.54, 1.807) is 19.0 Å². The van der Waals surface area contributed by atoms with Crippen LogP contribution < -0.4 is 5.32 Å². The second-order valence-corrected chi connectivity index (χ2v) is 7.22. The second kappa shape index (κ2) is 7.07. The van der Waals surface area contributed by atoms with E-state index in [2.05, 4.69) is 5.32 Å². The molecule has 0 fully saturated rings. The van der Waals surface area contributed by atoms with Crippen molar-refractivity contribution in [1.82, 2.24) is 4.90 Å². The Kier molecular flexibility index (Phi) is 4.86. The predicted molar refractivity (Wildman–Crippen MR) is 103 cm³/mol. The molecule has 3 aromatic rings. The molecule has 5 heteroatoms. The van der Waals surface area contributed by atoms with Gasteiger partial charge < -0.3 is 10.2 Å². The van der Waals surface area contributed by atoms with E-state index in [4.69, 9.17) is 0 Å². The lowest BCUT2D eigenvalue weighted by Gasteiger charge is -2.10. The minimum atomic E-state index is -0.101. The molecule has 1 heterocycles. The Labute approximate surface area is 151 Å². The molecule has 0 saturated heterocycles. The lowest BCUT2D eigenvalue weighted by Crippen LogP contribution is -2.23. The maximum Gasteiger partial charge on any atom is 0.266 e. The highest BCUT2D eigenvalue weighted by molar-refractivity contribution is 7.21. The van der Waals surface area contributed by atoms with Crippen molar-refractivity contribution < 1.29 is 9.59 Å². The van der Waals surface area contributed by atoms with Gasteiger partial charge in [-0.2, -0.15) is 0 Å². The number of nitrogens with one attached hydrogen (secondary N) is 1. The van der Waals surface area contributed by atoms with Crippen LogP contribution in [0.3, 0.4) is 0 Å². The number of amides is 2. The van der Waals surface area contributed by atoms with E-state index in [9.17, 15) is 9.59 Å². The van der Waals surface area contributed by atoms with Crippen LogP contribution in [0.1, 0.15) is 20.8 Å². The zero-order chi connectivity index (χ0) is 18.0. The molecule has 4 nitrogen and oxygen atoms in total. The van der Waals surface area contributed by atoms with E-state index in [-0.39, 0.29) is 11.8 Å². The summed E-state index contributed by atoms with van der Waals surface area (Å²) in [5.41, 5.74) is 2.66. The molecule has 2 amide bonds. The number of benzene rings is 2. The van der Waals surface area contributed by atoms with Gasteiger partial charge in [0.25, 0.3) is 5.91 Å². The summed E-state index contributed by atoms with van der Waals surface area (Å²) in [5, 5.41) is 4.06. The molecule has 128 valence electrons. The first-order valence-corrected chi connectivity index (χ1v) is 8.86. The SMILES string of the molecule is Cc1c(C(=O)Nc2ccc(CC(=O)N(C)C)cc2)sc2ccccc12. The van der Waals surface area contributed by atoms with E-state index in [0.29, 0.717) is 6.42 Å². The van der Waals surface area contributed by atoms with Crippen molar-refractivity contribution in [3.8, 4) is 0 Å². The molecule has 0 bridgehead atoms. The highest BCUT2D eigenvalue weighted by atomic mass is 32.1. The van der Waals surface area contributed by atoms with Crippen LogP contribution in [0, 0.1) is 6.92 Å². The monoisotopic (exact) mass is 352 g/mol. The summed E-state index contributed by atoms with van der Waals surface area (Å²) in [5.74, 6) is -0.0477. The number of aryl methyl sites for hydroxylation is 1. The molecule has 25 heavy (non-hydrogen) atoms. The van der Waals surface area contributed by atoms with Gasteiger partial charge >= 0.3 is 0 Å². The summed E-state index contributed by atoms with van der Waals surface area (Å²) >= 11 is 1.50. The first kappa shape index (κ1) is 17.2. The Morgan fingerprint density at radius 3 is 2.36 bits per heavy atom. The van der Waals surface area contributed by atoms with Crippen LogP contribution in [0.4, 0.5) is 5.69 Å². The van der Waals surface area contributed by atoms with Crippen molar-refractivity contribution in [3.05, 3.63) is 64.5 Å². The predicted octanol–water partition coefficient (Wildman–Crippen LogP) is 4.09. The third-order valence-corrected chi connectivity index (χ3v) is 5.39. The first-order chi connectivity index (χ1) is 12.0.